The summed E-state index contributed by atoms with van der Waals surface area (Å²) in [6.45, 7) is 1.66. The summed E-state index contributed by atoms with van der Waals surface area (Å²) >= 11 is 0. The highest BCUT2D eigenvalue weighted by Crippen LogP contribution is 2.17. The number of nitrogens with one attached hydrogen (secondary N) is 1. The van der Waals surface area contributed by atoms with Crippen LogP contribution < -0.4 is 10.1 Å². The Morgan fingerprint density at radius 2 is 1.63 bits per heavy atom. The lowest BCUT2D eigenvalue weighted by molar-refractivity contribution is -0.123. The van der Waals surface area contributed by atoms with Crippen molar-refractivity contribution < 1.29 is 19.1 Å². The van der Waals surface area contributed by atoms with Crippen molar-refractivity contribution in [2.24, 2.45) is 0 Å². The van der Waals surface area contributed by atoms with Gasteiger partial charge in [-0.25, -0.2) is 4.79 Å². The first kappa shape index (κ1) is 20.6. The van der Waals surface area contributed by atoms with Crippen LogP contribution in [0.2, 0.25) is 0 Å². The van der Waals surface area contributed by atoms with Crippen LogP contribution >= 0.6 is 0 Å². The number of ether oxygens (including phenoxy) is 2. The van der Waals surface area contributed by atoms with Crippen LogP contribution in [0.1, 0.15) is 28.4 Å². The summed E-state index contributed by atoms with van der Waals surface area (Å²) in [6.07, 6.45) is -1.05. The fourth-order valence-electron chi connectivity index (χ4n) is 2.72. The number of carbonyl (C=O) groups is 2. The van der Waals surface area contributed by atoms with Gasteiger partial charge < -0.3 is 14.8 Å². The Kier molecular flexibility index (Phi) is 6.80. The third-order valence-corrected chi connectivity index (χ3v) is 4.33. The van der Waals surface area contributed by atoms with Crippen molar-refractivity contribution in [3.05, 3.63) is 95.6 Å². The van der Waals surface area contributed by atoms with Crippen molar-refractivity contribution in [2.45, 2.75) is 19.6 Å². The van der Waals surface area contributed by atoms with Gasteiger partial charge >= 0.3 is 5.97 Å². The van der Waals surface area contributed by atoms with Crippen LogP contribution in [0, 0.1) is 11.3 Å². The van der Waals surface area contributed by atoms with Crippen molar-refractivity contribution in [3.63, 3.8) is 0 Å². The highest BCUT2D eigenvalue weighted by atomic mass is 16.5. The molecule has 0 bridgehead atoms. The summed E-state index contributed by atoms with van der Waals surface area (Å²) in [6, 6.07) is 24.8. The van der Waals surface area contributed by atoms with Gasteiger partial charge in [-0.05, 0) is 37.3 Å². The molecule has 3 aromatic carbocycles. The minimum Gasteiger partial charge on any atom is -0.489 e. The number of carbonyl (C=O) groups excluding carboxylic acids is 2. The average molecular weight is 400 g/mol. The first-order valence-electron chi connectivity index (χ1n) is 9.35. The normalized spacial score (nSPS) is 11.1. The van der Waals surface area contributed by atoms with Gasteiger partial charge in [-0.3, -0.25) is 4.79 Å². The Labute approximate surface area is 174 Å². The van der Waals surface area contributed by atoms with Crippen LogP contribution in [0.5, 0.6) is 5.75 Å². The van der Waals surface area contributed by atoms with E-state index in [-0.39, 0.29) is 6.61 Å². The minimum absolute atomic E-state index is 0.186. The fraction of sp³-hybridized carbons (Fsp3) is 0.125. The van der Waals surface area contributed by atoms with Gasteiger partial charge in [0.2, 0.25) is 0 Å². The number of anilines is 1. The molecular weight excluding hydrogens is 380 g/mol. The monoisotopic (exact) mass is 400 g/mol. The number of hydrogen-bond donors (Lipinski definition) is 1. The van der Waals surface area contributed by atoms with E-state index < -0.39 is 18.0 Å². The molecule has 0 aliphatic heterocycles. The molecule has 0 spiro atoms. The number of hydrogen-bond acceptors (Lipinski definition) is 5. The van der Waals surface area contributed by atoms with Crippen molar-refractivity contribution in [2.75, 3.05) is 5.32 Å². The van der Waals surface area contributed by atoms with Gasteiger partial charge in [-0.1, -0.05) is 48.5 Å². The molecular formula is C24H20N2O4. The number of para-hydroxylation sites is 2. The number of rotatable bonds is 7. The predicted octanol–water partition coefficient (Wildman–Crippen LogP) is 4.32. The standard InChI is InChI=1S/C24H20N2O4/c1-17(23(27)26-22-14-8-6-9-18(22)15-25)30-24(28)21-13-7-5-10-19(21)16-29-20-11-3-2-4-12-20/h2-14,17H,16H2,1H3,(H,26,27). The van der Waals surface area contributed by atoms with E-state index in [9.17, 15) is 9.59 Å². The average Bonchev–Trinajstić information content (AvgIpc) is 2.78. The van der Waals surface area contributed by atoms with Crippen LogP contribution in [0.4, 0.5) is 5.69 Å². The van der Waals surface area contributed by atoms with Crippen LogP contribution in [0.3, 0.4) is 0 Å². The molecule has 0 aliphatic carbocycles. The van der Waals surface area contributed by atoms with Gasteiger partial charge in [-0.15, -0.1) is 0 Å². The molecule has 1 amide bonds. The summed E-state index contributed by atoms with van der Waals surface area (Å²) in [5.74, 6) is -0.466. The van der Waals surface area contributed by atoms with Gasteiger partial charge in [0, 0.05) is 5.56 Å². The quantitative estimate of drug-likeness (QED) is 0.597. The maximum Gasteiger partial charge on any atom is 0.339 e. The zero-order chi connectivity index (χ0) is 21.3. The molecule has 0 saturated carbocycles. The van der Waals surface area contributed by atoms with Gasteiger partial charge in [-0.2, -0.15) is 5.26 Å². The van der Waals surface area contributed by atoms with Gasteiger partial charge in [0.25, 0.3) is 5.91 Å². The highest BCUT2D eigenvalue weighted by Gasteiger charge is 2.21. The summed E-state index contributed by atoms with van der Waals surface area (Å²) in [5, 5.41) is 11.7. The van der Waals surface area contributed by atoms with Crippen molar-refractivity contribution in [1.29, 1.82) is 5.26 Å². The molecule has 30 heavy (non-hydrogen) atoms. The van der Waals surface area contributed by atoms with Gasteiger partial charge in [0.1, 0.15) is 18.4 Å². The molecule has 0 saturated heterocycles. The smallest absolute Gasteiger partial charge is 0.339 e. The van der Waals surface area contributed by atoms with Gasteiger partial charge in [0.05, 0.1) is 16.8 Å². The SMILES string of the molecule is CC(OC(=O)c1ccccc1COc1ccccc1)C(=O)Nc1ccccc1C#N. The van der Waals surface area contributed by atoms with E-state index in [1.54, 1.807) is 48.5 Å². The first-order valence-corrected chi connectivity index (χ1v) is 9.35. The second-order valence-corrected chi connectivity index (χ2v) is 6.45. The molecule has 1 atom stereocenters. The molecule has 1 N–H and O–H groups in total. The lowest BCUT2D eigenvalue weighted by Crippen LogP contribution is -2.30. The molecule has 3 aromatic rings. The van der Waals surface area contributed by atoms with E-state index in [4.69, 9.17) is 14.7 Å². The molecule has 1 unspecified atom stereocenters. The van der Waals surface area contributed by atoms with Crippen LogP contribution in [-0.4, -0.2) is 18.0 Å². The third-order valence-electron chi connectivity index (χ3n) is 4.33. The second-order valence-electron chi connectivity index (χ2n) is 6.45. The summed E-state index contributed by atoms with van der Waals surface area (Å²) in [7, 11) is 0. The molecule has 0 aliphatic rings. The molecule has 0 fully saturated rings. The molecule has 6 heteroatoms. The van der Waals surface area contributed by atoms with E-state index in [0.29, 0.717) is 28.1 Å². The Balaban J connectivity index is 1.65. The van der Waals surface area contributed by atoms with E-state index in [2.05, 4.69) is 5.32 Å². The maximum atomic E-state index is 12.7. The fourth-order valence-corrected chi connectivity index (χ4v) is 2.72. The number of nitriles is 1. The molecule has 0 radical (unpaired) electrons. The Bertz CT molecular complexity index is 1070. The largest absolute Gasteiger partial charge is 0.489 e. The predicted molar refractivity (Wildman–Crippen MR) is 112 cm³/mol. The summed E-state index contributed by atoms with van der Waals surface area (Å²) in [5.41, 5.74) is 1.66. The Morgan fingerprint density at radius 3 is 2.40 bits per heavy atom. The summed E-state index contributed by atoms with van der Waals surface area (Å²) < 4.78 is 11.1. The third kappa shape index (κ3) is 5.24. The van der Waals surface area contributed by atoms with Crippen molar-refractivity contribution >= 4 is 17.6 Å². The topological polar surface area (TPSA) is 88.4 Å². The lowest BCUT2D eigenvalue weighted by Gasteiger charge is -2.16. The molecule has 150 valence electrons. The lowest BCUT2D eigenvalue weighted by atomic mass is 10.1. The van der Waals surface area contributed by atoms with Crippen LogP contribution in [0.15, 0.2) is 78.9 Å². The van der Waals surface area contributed by atoms with E-state index in [1.165, 1.54) is 6.92 Å². The molecule has 0 heterocycles. The van der Waals surface area contributed by atoms with E-state index >= 15 is 0 Å². The number of esters is 1. The van der Waals surface area contributed by atoms with E-state index in [1.807, 2.05) is 36.4 Å². The zero-order valence-electron chi connectivity index (χ0n) is 16.4. The second kappa shape index (κ2) is 9.89. The Hall–Kier alpha value is -4.11. The highest BCUT2D eigenvalue weighted by molar-refractivity contribution is 5.98. The zero-order valence-corrected chi connectivity index (χ0v) is 16.4. The number of benzene rings is 3. The number of amides is 1. The molecule has 3 rings (SSSR count). The van der Waals surface area contributed by atoms with Crippen molar-refractivity contribution in [3.8, 4) is 11.8 Å². The maximum absolute atomic E-state index is 12.7. The van der Waals surface area contributed by atoms with Gasteiger partial charge in [0.15, 0.2) is 6.10 Å². The molecule has 0 aromatic heterocycles. The number of nitrogens with zero attached hydrogens (tertiary/aromatic N) is 1. The minimum atomic E-state index is -1.05. The van der Waals surface area contributed by atoms with Crippen LogP contribution in [-0.2, 0) is 16.1 Å². The molecule has 6 nitrogen and oxygen atoms in total. The first-order chi connectivity index (χ1) is 14.6. The van der Waals surface area contributed by atoms with E-state index in [0.717, 1.165) is 0 Å². The van der Waals surface area contributed by atoms with Crippen molar-refractivity contribution in [1.82, 2.24) is 0 Å². The Morgan fingerprint density at radius 1 is 0.967 bits per heavy atom. The summed E-state index contributed by atoms with van der Waals surface area (Å²) in [4.78, 5) is 25.1. The van der Waals surface area contributed by atoms with Crippen LogP contribution in [0.25, 0.3) is 0 Å².